The zero-order valence-electron chi connectivity index (χ0n) is 14.2. The predicted molar refractivity (Wildman–Crippen MR) is 92.9 cm³/mol. The van der Waals surface area contributed by atoms with Crippen molar-refractivity contribution in [3.05, 3.63) is 12.3 Å². The molecule has 2 fully saturated rings. The van der Waals surface area contributed by atoms with Crippen molar-refractivity contribution in [3.8, 4) is 0 Å². The van der Waals surface area contributed by atoms with Gasteiger partial charge in [0.15, 0.2) is 0 Å². The van der Waals surface area contributed by atoms with E-state index in [1.165, 1.54) is 19.3 Å². The highest BCUT2D eigenvalue weighted by molar-refractivity contribution is 5.42. The highest BCUT2D eigenvalue weighted by Crippen LogP contribution is 2.29. The number of piperazine rings is 1. The molecular formula is C17H29N5O. The Bertz CT molecular complexity index is 496. The van der Waals surface area contributed by atoms with Crippen molar-refractivity contribution in [2.24, 2.45) is 0 Å². The fourth-order valence-electron chi connectivity index (χ4n) is 3.69. The molecule has 1 aromatic rings. The fourth-order valence-corrected chi connectivity index (χ4v) is 3.69. The van der Waals surface area contributed by atoms with Crippen LogP contribution in [0.15, 0.2) is 12.3 Å². The maximum atomic E-state index is 10.7. The molecular weight excluding hydrogens is 290 g/mol. The van der Waals surface area contributed by atoms with Gasteiger partial charge in [0.1, 0.15) is 5.82 Å². The highest BCUT2D eigenvalue weighted by Gasteiger charge is 2.32. The molecule has 0 unspecified atom stereocenters. The van der Waals surface area contributed by atoms with E-state index in [1.54, 1.807) is 0 Å². The van der Waals surface area contributed by atoms with Gasteiger partial charge >= 0.3 is 0 Å². The Kier molecular flexibility index (Phi) is 5.33. The van der Waals surface area contributed by atoms with Crippen molar-refractivity contribution in [2.75, 3.05) is 49.5 Å². The lowest BCUT2D eigenvalue weighted by atomic mass is 9.84. The summed E-state index contributed by atoms with van der Waals surface area (Å²) in [5, 5.41) is 13.9. The third kappa shape index (κ3) is 4.32. The van der Waals surface area contributed by atoms with Crippen LogP contribution >= 0.6 is 0 Å². The Morgan fingerprint density at radius 2 is 1.91 bits per heavy atom. The summed E-state index contributed by atoms with van der Waals surface area (Å²) in [6, 6.07) is 1.98. The van der Waals surface area contributed by atoms with Gasteiger partial charge in [0, 0.05) is 45.5 Å². The van der Waals surface area contributed by atoms with E-state index in [9.17, 15) is 5.11 Å². The number of β-amino-alcohol motifs (C(OH)–C–C–N with tert-alkyl or cyclic N) is 1. The number of anilines is 2. The molecule has 1 aliphatic heterocycles. The Morgan fingerprint density at radius 1 is 1.17 bits per heavy atom. The second-order valence-electron chi connectivity index (χ2n) is 6.82. The van der Waals surface area contributed by atoms with Crippen LogP contribution < -0.4 is 10.2 Å². The first-order valence-corrected chi connectivity index (χ1v) is 8.95. The van der Waals surface area contributed by atoms with E-state index in [0.29, 0.717) is 5.95 Å². The minimum absolute atomic E-state index is 0.451. The van der Waals surface area contributed by atoms with Crippen molar-refractivity contribution in [3.63, 3.8) is 0 Å². The number of aromatic nitrogens is 2. The molecule has 2 heterocycles. The van der Waals surface area contributed by atoms with Gasteiger partial charge in [-0.3, -0.25) is 4.90 Å². The normalized spacial score (nSPS) is 22.1. The van der Waals surface area contributed by atoms with Crippen LogP contribution in [0.1, 0.15) is 39.0 Å². The average Bonchev–Trinajstić information content (AvgIpc) is 2.56. The molecule has 2 aliphatic rings. The van der Waals surface area contributed by atoms with Gasteiger partial charge in [-0.05, 0) is 25.8 Å². The van der Waals surface area contributed by atoms with Crippen LogP contribution in [0, 0.1) is 0 Å². The highest BCUT2D eigenvalue weighted by atomic mass is 16.3. The lowest BCUT2D eigenvalue weighted by molar-refractivity contribution is -0.0271. The van der Waals surface area contributed by atoms with Crippen molar-refractivity contribution < 1.29 is 5.11 Å². The third-order valence-electron chi connectivity index (χ3n) is 4.97. The summed E-state index contributed by atoms with van der Waals surface area (Å²) >= 11 is 0. The molecule has 6 nitrogen and oxygen atoms in total. The van der Waals surface area contributed by atoms with Crippen molar-refractivity contribution in [1.82, 2.24) is 14.9 Å². The Hall–Kier alpha value is -1.40. The molecule has 23 heavy (non-hydrogen) atoms. The van der Waals surface area contributed by atoms with E-state index in [0.717, 1.165) is 57.9 Å². The topological polar surface area (TPSA) is 64.5 Å². The molecule has 0 amide bonds. The zero-order valence-corrected chi connectivity index (χ0v) is 14.2. The van der Waals surface area contributed by atoms with E-state index in [2.05, 4.69) is 25.1 Å². The van der Waals surface area contributed by atoms with Gasteiger partial charge in [-0.15, -0.1) is 0 Å². The number of aliphatic hydroxyl groups is 1. The van der Waals surface area contributed by atoms with Crippen LogP contribution in [0.4, 0.5) is 11.8 Å². The van der Waals surface area contributed by atoms with Gasteiger partial charge in [-0.25, -0.2) is 4.98 Å². The summed E-state index contributed by atoms with van der Waals surface area (Å²) < 4.78 is 0. The van der Waals surface area contributed by atoms with Gasteiger partial charge in [-0.1, -0.05) is 19.3 Å². The molecule has 128 valence electrons. The van der Waals surface area contributed by atoms with Gasteiger partial charge in [-0.2, -0.15) is 4.98 Å². The smallest absolute Gasteiger partial charge is 0.224 e. The van der Waals surface area contributed by atoms with E-state index >= 15 is 0 Å². The van der Waals surface area contributed by atoms with Crippen molar-refractivity contribution in [2.45, 2.75) is 44.6 Å². The molecule has 0 bridgehead atoms. The molecule has 1 aliphatic carbocycles. The second-order valence-corrected chi connectivity index (χ2v) is 6.82. The standard InChI is InChI=1S/C17H29N5O/c1-2-18-16-19-9-6-15(20-16)22-12-10-21(11-13-22)14-17(23)7-4-3-5-8-17/h6,9,23H,2-5,7-8,10-14H2,1H3,(H,18,19,20). The molecule has 1 saturated carbocycles. The van der Waals surface area contributed by atoms with Gasteiger partial charge in [0.2, 0.25) is 5.95 Å². The SMILES string of the molecule is CCNc1nccc(N2CCN(CC3(O)CCCCC3)CC2)n1. The van der Waals surface area contributed by atoms with E-state index in [4.69, 9.17) is 0 Å². The molecule has 6 heteroatoms. The van der Waals surface area contributed by atoms with Crippen LogP contribution in [0.5, 0.6) is 0 Å². The maximum Gasteiger partial charge on any atom is 0.224 e. The number of hydrogen-bond donors (Lipinski definition) is 2. The molecule has 0 spiro atoms. The molecule has 0 aromatic carbocycles. The first-order chi connectivity index (χ1) is 11.2. The molecule has 1 saturated heterocycles. The van der Waals surface area contributed by atoms with Crippen LogP contribution in [0.3, 0.4) is 0 Å². The Morgan fingerprint density at radius 3 is 2.61 bits per heavy atom. The summed E-state index contributed by atoms with van der Waals surface area (Å²) in [7, 11) is 0. The van der Waals surface area contributed by atoms with Crippen LogP contribution in [-0.2, 0) is 0 Å². The van der Waals surface area contributed by atoms with Crippen LogP contribution in [0.25, 0.3) is 0 Å². The maximum absolute atomic E-state index is 10.7. The Labute approximate surface area is 138 Å². The second kappa shape index (κ2) is 7.45. The monoisotopic (exact) mass is 319 g/mol. The summed E-state index contributed by atoms with van der Waals surface area (Å²) in [4.78, 5) is 13.5. The molecule has 1 aromatic heterocycles. The minimum atomic E-state index is -0.451. The summed E-state index contributed by atoms with van der Waals surface area (Å²) in [6.07, 6.45) is 7.36. The van der Waals surface area contributed by atoms with E-state index in [-0.39, 0.29) is 0 Å². The zero-order chi connectivity index (χ0) is 16.1. The first-order valence-electron chi connectivity index (χ1n) is 8.95. The number of nitrogens with zero attached hydrogens (tertiary/aromatic N) is 4. The Balaban J connectivity index is 1.53. The lowest BCUT2D eigenvalue weighted by Crippen LogP contribution is -2.52. The third-order valence-corrected chi connectivity index (χ3v) is 4.97. The van der Waals surface area contributed by atoms with Crippen LogP contribution in [0.2, 0.25) is 0 Å². The average molecular weight is 319 g/mol. The summed E-state index contributed by atoms with van der Waals surface area (Å²) in [5.41, 5.74) is -0.451. The van der Waals surface area contributed by atoms with Crippen LogP contribution in [-0.4, -0.2) is 64.8 Å². The van der Waals surface area contributed by atoms with Crippen molar-refractivity contribution in [1.29, 1.82) is 0 Å². The molecule has 3 rings (SSSR count). The molecule has 0 radical (unpaired) electrons. The quantitative estimate of drug-likeness (QED) is 0.862. The van der Waals surface area contributed by atoms with Crippen molar-refractivity contribution >= 4 is 11.8 Å². The number of rotatable bonds is 5. The number of nitrogens with one attached hydrogen (secondary N) is 1. The first kappa shape index (κ1) is 16.5. The minimum Gasteiger partial charge on any atom is -0.389 e. The predicted octanol–water partition coefficient (Wildman–Crippen LogP) is 1.73. The van der Waals surface area contributed by atoms with Gasteiger partial charge in [0.25, 0.3) is 0 Å². The molecule has 0 atom stereocenters. The van der Waals surface area contributed by atoms with Gasteiger partial charge in [0.05, 0.1) is 5.60 Å². The molecule has 2 N–H and O–H groups in total. The van der Waals surface area contributed by atoms with Gasteiger partial charge < -0.3 is 15.3 Å². The largest absolute Gasteiger partial charge is 0.389 e. The number of hydrogen-bond acceptors (Lipinski definition) is 6. The summed E-state index contributed by atoms with van der Waals surface area (Å²) in [6.45, 7) is 7.59. The van der Waals surface area contributed by atoms with E-state index in [1.807, 2.05) is 19.2 Å². The summed E-state index contributed by atoms with van der Waals surface area (Å²) in [5.74, 6) is 1.69. The van der Waals surface area contributed by atoms with E-state index < -0.39 is 5.60 Å². The lowest BCUT2D eigenvalue weighted by Gasteiger charge is -2.41. The fraction of sp³-hybridized carbons (Fsp3) is 0.765.